The number of rotatable bonds is 2. The molecule has 0 bridgehead atoms. The lowest BCUT2D eigenvalue weighted by Gasteiger charge is -2.15. The average molecular weight is 338 g/mol. The van der Waals surface area contributed by atoms with E-state index in [4.69, 9.17) is 0 Å². The molecule has 1 heterocycles. The van der Waals surface area contributed by atoms with Crippen molar-refractivity contribution < 1.29 is 0 Å². The van der Waals surface area contributed by atoms with E-state index < -0.39 is 0 Å². The van der Waals surface area contributed by atoms with Gasteiger partial charge >= 0.3 is 0 Å². The highest BCUT2D eigenvalue weighted by atomic mass is 79.9. The third-order valence-electron chi connectivity index (χ3n) is 3.21. The van der Waals surface area contributed by atoms with Crippen molar-refractivity contribution in [1.29, 1.82) is 0 Å². The minimum atomic E-state index is 0.746. The van der Waals surface area contributed by atoms with Crippen molar-refractivity contribution in [3.05, 3.63) is 20.8 Å². The number of hydrogen-bond acceptors (Lipinski definition) is 1. The van der Waals surface area contributed by atoms with Crippen molar-refractivity contribution in [3.8, 4) is 0 Å². The van der Waals surface area contributed by atoms with E-state index in [1.54, 1.807) is 0 Å². The molecule has 14 heavy (non-hydrogen) atoms. The molecule has 0 aromatic carbocycles. The van der Waals surface area contributed by atoms with E-state index in [1.165, 1.54) is 28.6 Å². The van der Waals surface area contributed by atoms with Crippen LogP contribution >= 0.6 is 43.2 Å². The van der Waals surface area contributed by atoms with Crippen LogP contribution in [0.4, 0.5) is 0 Å². The molecular formula is C11H14Br2S. The van der Waals surface area contributed by atoms with Crippen molar-refractivity contribution in [3.63, 3.8) is 0 Å². The van der Waals surface area contributed by atoms with Crippen molar-refractivity contribution >= 4 is 43.2 Å². The molecule has 0 amide bonds. The summed E-state index contributed by atoms with van der Waals surface area (Å²) in [5.41, 5.74) is 0. The average Bonchev–Trinajstić information content (AvgIpc) is 2.67. The molecule has 0 radical (unpaired) electrons. The molecule has 0 saturated heterocycles. The van der Waals surface area contributed by atoms with Gasteiger partial charge in [-0.15, -0.1) is 11.3 Å². The summed E-state index contributed by atoms with van der Waals surface area (Å²) in [5, 5.41) is 2.18. The van der Waals surface area contributed by atoms with E-state index in [0.29, 0.717) is 0 Å². The van der Waals surface area contributed by atoms with E-state index in [-0.39, 0.29) is 0 Å². The molecule has 0 spiro atoms. The first-order chi connectivity index (χ1) is 6.66. The third-order valence-corrected chi connectivity index (χ3v) is 6.22. The van der Waals surface area contributed by atoms with Crippen LogP contribution in [0.5, 0.6) is 0 Å². The molecule has 0 N–H and O–H groups in total. The molecule has 1 fully saturated rings. The molecule has 2 rings (SSSR count). The number of thiophene rings is 1. The van der Waals surface area contributed by atoms with E-state index in [0.717, 1.165) is 16.7 Å². The summed E-state index contributed by atoms with van der Waals surface area (Å²) < 4.78 is 1.23. The molecule has 3 unspecified atom stereocenters. The first-order valence-electron chi connectivity index (χ1n) is 5.04. The smallest absolute Gasteiger partial charge is 0.0285 e. The maximum Gasteiger partial charge on any atom is 0.0285 e. The van der Waals surface area contributed by atoms with Gasteiger partial charge in [0.1, 0.15) is 0 Å². The number of hydrogen-bond donors (Lipinski definition) is 0. The zero-order chi connectivity index (χ0) is 10.1. The highest BCUT2D eigenvalue weighted by molar-refractivity contribution is 9.10. The third kappa shape index (κ3) is 2.42. The Bertz CT molecular complexity index is 308. The van der Waals surface area contributed by atoms with Gasteiger partial charge in [0.05, 0.1) is 0 Å². The molecule has 0 aliphatic heterocycles. The quantitative estimate of drug-likeness (QED) is 0.676. The van der Waals surface area contributed by atoms with E-state index in [9.17, 15) is 0 Å². The summed E-state index contributed by atoms with van der Waals surface area (Å²) >= 11 is 9.14. The van der Waals surface area contributed by atoms with Gasteiger partial charge in [-0.3, -0.25) is 0 Å². The molecule has 0 nitrogen and oxygen atoms in total. The van der Waals surface area contributed by atoms with E-state index >= 15 is 0 Å². The van der Waals surface area contributed by atoms with Crippen LogP contribution in [-0.2, 0) is 6.42 Å². The Morgan fingerprint density at radius 3 is 2.79 bits per heavy atom. The lowest BCUT2D eigenvalue weighted by atomic mass is 9.94. The van der Waals surface area contributed by atoms with Crippen molar-refractivity contribution in [2.24, 2.45) is 11.8 Å². The molecule has 1 aromatic heterocycles. The zero-order valence-electron chi connectivity index (χ0n) is 8.17. The highest BCUT2D eigenvalue weighted by Gasteiger charge is 2.30. The van der Waals surface area contributed by atoms with Gasteiger partial charge in [-0.05, 0) is 53.1 Å². The number of alkyl halides is 1. The Labute approximate surface area is 106 Å². The maximum atomic E-state index is 3.76. The maximum absolute atomic E-state index is 3.76. The molecule has 78 valence electrons. The first kappa shape index (κ1) is 11.2. The molecular weight excluding hydrogens is 324 g/mol. The van der Waals surface area contributed by atoms with Gasteiger partial charge in [0.25, 0.3) is 0 Å². The van der Waals surface area contributed by atoms with E-state index in [1.807, 2.05) is 11.3 Å². The van der Waals surface area contributed by atoms with Gasteiger partial charge in [-0.25, -0.2) is 0 Å². The first-order valence-corrected chi connectivity index (χ1v) is 7.62. The van der Waals surface area contributed by atoms with Gasteiger partial charge in [0, 0.05) is 19.6 Å². The van der Waals surface area contributed by atoms with Gasteiger partial charge in [0.15, 0.2) is 0 Å². The summed E-state index contributed by atoms with van der Waals surface area (Å²) in [6.07, 6.45) is 3.99. The summed E-state index contributed by atoms with van der Waals surface area (Å²) in [4.78, 5) is 2.27. The normalized spacial score (nSPS) is 32.4. The lowest BCUT2D eigenvalue weighted by molar-refractivity contribution is 0.426. The minimum absolute atomic E-state index is 0.746. The Morgan fingerprint density at radius 2 is 2.29 bits per heavy atom. The Kier molecular flexibility index (Phi) is 3.72. The van der Waals surface area contributed by atoms with Crippen molar-refractivity contribution in [2.45, 2.75) is 31.0 Å². The van der Waals surface area contributed by atoms with Gasteiger partial charge < -0.3 is 0 Å². The molecule has 1 aliphatic carbocycles. The summed E-state index contributed by atoms with van der Waals surface area (Å²) in [7, 11) is 0. The van der Waals surface area contributed by atoms with Crippen LogP contribution in [0.25, 0.3) is 0 Å². The van der Waals surface area contributed by atoms with Crippen molar-refractivity contribution in [1.82, 2.24) is 0 Å². The molecule has 1 saturated carbocycles. The van der Waals surface area contributed by atoms with Crippen LogP contribution in [0.1, 0.15) is 24.6 Å². The van der Waals surface area contributed by atoms with Gasteiger partial charge in [-0.1, -0.05) is 22.9 Å². The van der Waals surface area contributed by atoms with Crippen molar-refractivity contribution in [2.75, 3.05) is 0 Å². The van der Waals surface area contributed by atoms with Gasteiger partial charge in [-0.2, -0.15) is 0 Å². The monoisotopic (exact) mass is 336 g/mol. The van der Waals surface area contributed by atoms with Crippen LogP contribution in [0.3, 0.4) is 0 Å². The fourth-order valence-corrected chi connectivity index (χ4v) is 4.44. The Morgan fingerprint density at radius 1 is 1.50 bits per heavy atom. The van der Waals surface area contributed by atoms with Crippen LogP contribution in [0.2, 0.25) is 0 Å². The summed E-state index contributed by atoms with van der Waals surface area (Å²) in [5.74, 6) is 1.71. The Balaban J connectivity index is 1.98. The highest BCUT2D eigenvalue weighted by Crippen LogP contribution is 2.39. The lowest BCUT2D eigenvalue weighted by Crippen LogP contribution is -2.12. The summed E-state index contributed by atoms with van der Waals surface area (Å²) in [6.45, 7) is 2.37. The second-order valence-electron chi connectivity index (χ2n) is 4.15. The second-order valence-corrected chi connectivity index (χ2v) is 7.24. The largest absolute Gasteiger partial charge is 0.148 e. The topological polar surface area (TPSA) is 0 Å². The zero-order valence-corrected chi connectivity index (χ0v) is 12.2. The standard InChI is InChI=1S/C11H14Br2S/c1-7-8(2-3-11(7)13)4-10-5-9(12)6-14-10/h5-8,11H,2-4H2,1H3. The van der Waals surface area contributed by atoms with Gasteiger partial charge in [0.2, 0.25) is 0 Å². The SMILES string of the molecule is CC1C(Br)CCC1Cc1cc(Br)cs1. The number of halogens is 2. The van der Waals surface area contributed by atoms with Crippen LogP contribution in [0.15, 0.2) is 15.9 Å². The predicted octanol–water partition coefficient (Wildman–Crippen LogP) is 4.86. The predicted molar refractivity (Wildman–Crippen MR) is 70.3 cm³/mol. The fourth-order valence-electron chi connectivity index (χ4n) is 2.20. The Hall–Kier alpha value is 0.660. The van der Waals surface area contributed by atoms with Crippen LogP contribution in [0, 0.1) is 11.8 Å². The summed E-state index contributed by atoms with van der Waals surface area (Å²) in [6, 6.07) is 2.26. The minimum Gasteiger partial charge on any atom is -0.148 e. The van der Waals surface area contributed by atoms with E-state index in [2.05, 4.69) is 50.2 Å². The molecule has 1 aliphatic rings. The molecule has 3 atom stereocenters. The molecule has 1 aromatic rings. The fraction of sp³-hybridized carbons (Fsp3) is 0.636. The van der Waals surface area contributed by atoms with Crippen LogP contribution < -0.4 is 0 Å². The second kappa shape index (κ2) is 4.67. The molecule has 3 heteroatoms. The van der Waals surface area contributed by atoms with Crippen LogP contribution in [-0.4, -0.2) is 4.83 Å².